The van der Waals surface area contributed by atoms with Crippen LogP contribution in [0, 0.1) is 5.82 Å². The van der Waals surface area contributed by atoms with Crippen molar-refractivity contribution in [1.82, 2.24) is 4.98 Å². The molecule has 1 aromatic carbocycles. The maximum atomic E-state index is 12.8. The number of hydrogen-bond donors (Lipinski definition) is 2. The standard InChI is InChI=1S/C15H16FN3O2/c1-21-15(20)13-7-6-12(17)14(19-13)18-9-8-10-2-4-11(16)5-3-10/h2-7H,8-9,17H2,1H3,(H,18,19). The third-order valence-electron chi connectivity index (χ3n) is 2.94. The Morgan fingerprint density at radius 2 is 2.00 bits per heavy atom. The van der Waals surface area contributed by atoms with Gasteiger partial charge in [0.15, 0.2) is 5.69 Å². The fraction of sp³-hybridized carbons (Fsp3) is 0.200. The Morgan fingerprint density at radius 1 is 1.29 bits per heavy atom. The molecule has 1 aromatic heterocycles. The highest BCUT2D eigenvalue weighted by atomic mass is 19.1. The summed E-state index contributed by atoms with van der Waals surface area (Å²) in [4.78, 5) is 15.5. The number of nitrogens with two attached hydrogens (primary N) is 1. The monoisotopic (exact) mass is 289 g/mol. The molecule has 0 bridgehead atoms. The van der Waals surface area contributed by atoms with Gasteiger partial charge in [0.25, 0.3) is 0 Å². The average molecular weight is 289 g/mol. The summed E-state index contributed by atoms with van der Waals surface area (Å²) >= 11 is 0. The molecule has 0 atom stereocenters. The van der Waals surface area contributed by atoms with E-state index < -0.39 is 5.97 Å². The molecule has 6 heteroatoms. The summed E-state index contributed by atoms with van der Waals surface area (Å²) in [5.41, 5.74) is 7.43. The lowest BCUT2D eigenvalue weighted by molar-refractivity contribution is 0.0594. The van der Waals surface area contributed by atoms with E-state index in [2.05, 4.69) is 15.0 Å². The number of esters is 1. The van der Waals surface area contributed by atoms with E-state index in [9.17, 15) is 9.18 Å². The Hall–Kier alpha value is -2.63. The first-order valence-electron chi connectivity index (χ1n) is 6.43. The molecular weight excluding hydrogens is 273 g/mol. The molecule has 110 valence electrons. The van der Waals surface area contributed by atoms with E-state index in [0.717, 1.165) is 5.56 Å². The summed E-state index contributed by atoms with van der Waals surface area (Å²) in [6.45, 7) is 0.563. The van der Waals surface area contributed by atoms with Gasteiger partial charge < -0.3 is 15.8 Å². The van der Waals surface area contributed by atoms with Crippen molar-refractivity contribution in [3.8, 4) is 0 Å². The summed E-state index contributed by atoms with van der Waals surface area (Å²) in [5, 5.41) is 3.06. The van der Waals surface area contributed by atoms with Crippen LogP contribution in [-0.4, -0.2) is 24.6 Å². The smallest absolute Gasteiger partial charge is 0.356 e. The normalized spacial score (nSPS) is 10.2. The van der Waals surface area contributed by atoms with Gasteiger partial charge in [-0.1, -0.05) is 12.1 Å². The molecule has 5 nitrogen and oxygen atoms in total. The summed E-state index contributed by atoms with van der Waals surface area (Å²) in [7, 11) is 1.29. The lowest BCUT2D eigenvalue weighted by atomic mass is 10.1. The van der Waals surface area contributed by atoms with Gasteiger partial charge in [-0.15, -0.1) is 0 Å². The Balaban J connectivity index is 1.99. The van der Waals surface area contributed by atoms with Crippen molar-refractivity contribution in [2.24, 2.45) is 0 Å². The molecule has 0 aliphatic carbocycles. The molecular formula is C15H16FN3O2. The van der Waals surface area contributed by atoms with E-state index in [-0.39, 0.29) is 11.5 Å². The summed E-state index contributed by atoms with van der Waals surface area (Å²) in [5.74, 6) is -0.347. The molecule has 1 heterocycles. The molecule has 0 amide bonds. The second kappa shape index (κ2) is 6.69. The highest BCUT2D eigenvalue weighted by molar-refractivity contribution is 5.88. The Bertz CT molecular complexity index is 629. The van der Waals surface area contributed by atoms with Crippen LogP contribution in [0.15, 0.2) is 36.4 Å². The molecule has 0 aliphatic rings. The van der Waals surface area contributed by atoms with Crippen molar-refractivity contribution in [2.45, 2.75) is 6.42 Å². The topological polar surface area (TPSA) is 77.2 Å². The van der Waals surface area contributed by atoms with Gasteiger partial charge in [-0.3, -0.25) is 0 Å². The van der Waals surface area contributed by atoms with E-state index in [1.807, 2.05) is 0 Å². The highest BCUT2D eigenvalue weighted by Crippen LogP contribution is 2.16. The fourth-order valence-electron chi connectivity index (χ4n) is 1.81. The zero-order valence-electron chi connectivity index (χ0n) is 11.6. The highest BCUT2D eigenvalue weighted by Gasteiger charge is 2.10. The van der Waals surface area contributed by atoms with Gasteiger partial charge in [0.2, 0.25) is 0 Å². The van der Waals surface area contributed by atoms with Gasteiger partial charge >= 0.3 is 5.97 Å². The number of rotatable bonds is 5. The van der Waals surface area contributed by atoms with Crippen LogP contribution in [0.3, 0.4) is 0 Å². The van der Waals surface area contributed by atoms with Crippen molar-refractivity contribution in [3.05, 3.63) is 53.5 Å². The molecule has 21 heavy (non-hydrogen) atoms. The number of nitrogens with zero attached hydrogens (tertiary/aromatic N) is 1. The molecule has 2 rings (SSSR count). The van der Waals surface area contributed by atoms with Crippen LogP contribution >= 0.6 is 0 Å². The number of nitrogens with one attached hydrogen (secondary N) is 1. The lowest BCUT2D eigenvalue weighted by Gasteiger charge is -2.09. The quantitative estimate of drug-likeness (QED) is 0.825. The van der Waals surface area contributed by atoms with Gasteiger partial charge in [0, 0.05) is 6.54 Å². The maximum Gasteiger partial charge on any atom is 0.356 e. The molecule has 0 spiro atoms. The van der Waals surface area contributed by atoms with Crippen LogP contribution in [-0.2, 0) is 11.2 Å². The van der Waals surface area contributed by atoms with Crippen molar-refractivity contribution in [3.63, 3.8) is 0 Å². The van der Waals surface area contributed by atoms with Gasteiger partial charge in [0.1, 0.15) is 11.6 Å². The Labute approximate surface area is 121 Å². The minimum atomic E-state index is -0.517. The molecule has 0 unspecified atom stereocenters. The molecule has 0 radical (unpaired) electrons. The van der Waals surface area contributed by atoms with Crippen LogP contribution < -0.4 is 11.1 Å². The number of nitrogen functional groups attached to an aromatic ring is 1. The minimum absolute atomic E-state index is 0.191. The average Bonchev–Trinajstić information content (AvgIpc) is 2.50. The SMILES string of the molecule is COC(=O)c1ccc(N)c(NCCc2ccc(F)cc2)n1. The van der Waals surface area contributed by atoms with Gasteiger partial charge in [-0.25, -0.2) is 14.2 Å². The Morgan fingerprint density at radius 3 is 2.67 bits per heavy atom. The first-order valence-corrected chi connectivity index (χ1v) is 6.43. The van der Waals surface area contributed by atoms with Crippen LogP contribution in [0.2, 0.25) is 0 Å². The molecule has 0 fully saturated rings. The molecule has 0 saturated heterocycles. The first kappa shape index (κ1) is 14.8. The first-order chi connectivity index (χ1) is 10.1. The van der Waals surface area contributed by atoms with E-state index in [0.29, 0.717) is 24.5 Å². The number of benzene rings is 1. The van der Waals surface area contributed by atoms with Crippen molar-refractivity contribution < 1.29 is 13.9 Å². The van der Waals surface area contributed by atoms with Gasteiger partial charge in [-0.05, 0) is 36.2 Å². The largest absolute Gasteiger partial charge is 0.464 e. The van der Waals surface area contributed by atoms with Gasteiger partial charge in [-0.2, -0.15) is 0 Å². The van der Waals surface area contributed by atoms with E-state index in [4.69, 9.17) is 5.73 Å². The summed E-state index contributed by atoms with van der Waals surface area (Å²) < 4.78 is 17.4. The summed E-state index contributed by atoms with van der Waals surface area (Å²) in [6.07, 6.45) is 0.684. The molecule has 2 aromatic rings. The van der Waals surface area contributed by atoms with Crippen molar-refractivity contribution in [1.29, 1.82) is 0 Å². The number of carbonyl (C=O) groups excluding carboxylic acids is 1. The second-order valence-corrected chi connectivity index (χ2v) is 4.43. The van der Waals surface area contributed by atoms with Crippen molar-refractivity contribution in [2.75, 3.05) is 24.7 Å². The van der Waals surface area contributed by atoms with Gasteiger partial charge in [0.05, 0.1) is 12.8 Å². The predicted molar refractivity (Wildman–Crippen MR) is 78.6 cm³/mol. The third kappa shape index (κ3) is 3.92. The molecule has 0 saturated carbocycles. The van der Waals surface area contributed by atoms with Crippen LogP contribution in [0.1, 0.15) is 16.1 Å². The van der Waals surface area contributed by atoms with E-state index >= 15 is 0 Å². The van der Waals surface area contributed by atoms with Crippen LogP contribution in [0.5, 0.6) is 0 Å². The number of aromatic nitrogens is 1. The van der Waals surface area contributed by atoms with E-state index in [1.165, 1.54) is 25.3 Å². The van der Waals surface area contributed by atoms with Crippen LogP contribution in [0.4, 0.5) is 15.9 Å². The molecule has 0 aliphatic heterocycles. The summed E-state index contributed by atoms with van der Waals surface area (Å²) in [6, 6.07) is 9.38. The number of halogens is 1. The number of methoxy groups -OCH3 is 1. The molecule has 3 N–H and O–H groups in total. The minimum Gasteiger partial charge on any atom is -0.464 e. The third-order valence-corrected chi connectivity index (χ3v) is 2.94. The lowest BCUT2D eigenvalue weighted by Crippen LogP contribution is -2.12. The zero-order valence-corrected chi connectivity index (χ0v) is 11.6. The van der Waals surface area contributed by atoms with Crippen LogP contribution in [0.25, 0.3) is 0 Å². The number of ether oxygens (including phenoxy) is 1. The second-order valence-electron chi connectivity index (χ2n) is 4.43. The number of hydrogen-bond acceptors (Lipinski definition) is 5. The number of pyridine rings is 1. The zero-order chi connectivity index (χ0) is 15.2. The maximum absolute atomic E-state index is 12.8. The number of carbonyl (C=O) groups is 1. The predicted octanol–water partition coefficient (Wildman–Crippen LogP) is 2.24. The number of anilines is 2. The van der Waals surface area contributed by atoms with E-state index in [1.54, 1.807) is 18.2 Å². The fourth-order valence-corrected chi connectivity index (χ4v) is 1.81. The Kier molecular flexibility index (Phi) is 4.71. The van der Waals surface area contributed by atoms with Crippen molar-refractivity contribution >= 4 is 17.5 Å².